The lowest BCUT2D eigenvalue weighted by molar-refractivity contribution is 0.0887. The van der Waals surface area contributed by atoms with Gasteiger partial charge in [-0.3, -0.25) is 4.79 Å². The molecule has 1 amide bonds. The Hall–Kier alpha value is -3.82. The van der Waals surface area contributed by atoms with E-state index in [1.165, 1.54) is 0 Å². The standard InChI is InChI=1S/C29H32N6O3/c1-18-26(19(2)38-33-18)22-9-10-24-23(13-22)28(32-27(31-24)29(36)30-14-20-15-34(3)16-20)35-11-12-37-17-25(35)21-7-5-4-6-8-21/h4-10,13,20,25H,11-12,14-17H2,1-3H3,(H,30,36). The van der Waals surface area contributed by atoms with Crippen molar-refractivity contribution in [3.63, 3.8) is 0 Å². The van der Waals surface area contributed by atoms with E-state index in [0.717, 1.165) is 58.0 Å². The van der Waals surface area contributed by atoms with Crippen LogP contribution in [-0.2, 0) is 4.74 Å². The summed E-state index contributed by atoms with van der Waals surface area (Å²) in [5.41, 5.74) is 4.63. The Labute approximate surface area is 221 Å². The summed E-state index contributed by atoms with van der Waals surface area (Å²) in [7, 11) is 2.08. The van der Waals surface area contributed by atoms with Gasteiger partial charge < -0.3 is 24.4 Å². The van der Waals surface area contributed by atoms with E-state index in [1.807, 2.05) is 44.2 Å². The molecular weight excluding hydrogens is 480 g/mol. The Kier molecular flexibility index (Phi) is 6.55. The van der Waals surface area contributed by atoms with Crippen LogP contribution in [0.25, 0.3) is 22.0 Å². The van der Waals surface area contributed by atoms with Gasteiger partial charge in [-0.05, 0) is 44.2 Å². The van der Waals surface area contributed by atoms with Crippen molar-refractivity contribution < 1.29 is 14.1 Å². The first-order chi connectivity index (χ1) is 18.5. The number of nitrogens with zero attached hydrogens (tertiary/aromatic N) is 5. The first-order valence-corrected chi connectivity index (χ1v) is 13.1. The third-order valence-electron chi connectivity index (χ3n) is 7.48. The van der Waals surface area contributed by atoms with E-state index in [9.17, 15) is 4.79 Å². The van der Waals surface area contributed by atoms with Crippen molar-refractivity contribution in [3.8, 4) is 11.1 Å². The minimum Gasteiger partial charge on any atom is -0.377 e. The fourth-order valence-corrected chi connectivity index (χ4v) is 5.57. The van der Waals surface area contributed by atoms with Gasteiger partial charge >= 0.3 is 0 Å². The predicted molar refractivity (Wildman–Crippen MR) is 145 cm³/mol. The van der Waals surface area contributed by atoms with E-state index in [4.69, 9.17) is 19.2 Å². The first kappa shape index (κ1) is 24.5. The highest BCUT2D eigenvalue weighted by Gasteiger charge is 2.30. The van der Waals surface area contributed by atoms with Crippen LogP contribution >= 0.6 is 0 Å². The van der Waals surface area contributed by atoms with Crippen molar-refractivity contribution in [2.24, 2.45) is 5.92 Å². The average molecular weight is 513 g/mol. The fraction of sp³-hybridized carbons (Fsp3) is 0.379. The molecule has 196 valence electrons. The molecule has 1 atom stereocenters. The van der Waals surface area contributed by atoms with Gasteiger partial charge in [0.1, 0.15) is 11.6 Å². The molecule has 38 heavy (non-hydrogen) atoms. The summed E-state index contributed by atoms with van der Waals surface area (Å²) in [5, 5.41) is 8.07. The van der Waals surface area contributed by atoms with Crippen LogP contribution in [0.1, 0.15) is 33.7 Å². The lowest BCUT2D eigenvalue weighted by atomic mass is 10.0. The molecule has 2 aromatic heterocycles. The maximum absolute atomic E-state index is 13.2. The topological polar surface area (TPSA) is 96.6 Å². The molecule has 9 nitrogen and oxygen atoms in total. The number of carbonyl (C=O) groups excluding carboxylic acids is 1. The molecule has 0 saturated carbocycles. The van der Waals surface area contributed by atoms with Gasteiger partial charge in [-0.2, -0.15) is 0 Å². The van der Waals surface area contributed by atoms with Crippen molar-refractivity contribution in [1.82, 2.24) is 25.3 Å². The second kappa shape index (κ2) is 10.2. The molecule has 9 heteroatoms. The first-order valence-electron chi connectivity index (χ1n) is 13.1. The largest absolute Gasteiger partial charge is 0.377 e. The van der Waals surface area contributed by atoms with Crippen molar-refractivity contribution >= 4 is 22.6 Å². The molecule has 0 bridgehead atoms. The average Bonchev–Trinajstić information content (AvgIpc) is 3.27. The number of rotatable bonds is 6. The van der Waals surface area contributed by atoms with Gasteiger partial charge in [-0.1, -0.05) is 41.6 Å². The van der Waals surface area contributed by atoms with Crippen molar-refractivity contribution in [2.75, 3.05) is 51.3 Å². The van der Waals surface area contributed by atoms with E-state index >= 15 is 0 Å². The number of hydrogen-bond donors (Lipinski definition) is 1. The SMILES string of the molecule is Cc1noc(C)c1-c1ccc2nc(C(=O)NCC3CN(C)C3)nc(N3CCOCC3c3ccccc3)c2c1. The molecule has 0 spiro atoms. The zero-order valence-corrected chi connectivity index (χ0v) is 22.0. The van der Waals surface area contributed by atoms with Gasteiger partial charge in [0, 0.05) is 43.0 Å². The predicted octanol–water partition coefficient (Wildman–Crippen LogP) is 3.77. The number of amides is 1. The number of nitrogens with one attached hydrogen (secondary N) is 1. The Morgan fingerprint density at radius 3 is 2.66 bits per heavy atom. The van der Waals surface area contributed by atoms with Crippen LogP contribution in [0.5, 0.6) is 0 Å². The van der Waals surface area contributed by atoms with Gasteiger partial charge in [0.05, 0.1) is 30.5 Å². The zero-order chi connectivity index (χ0) is 26.2. The summed E-state index contributed by atoms with van der Waals surface area (Å²) in [6, 6.07) is 16.3. The van der Waals surface area contributed by atoms with Crippen molar-refractivity contribution in [1.29, 1.82) is 0 Å². The molecule has 1 unspecified atom stereocenters. The lowest BCUT2D eigenvalue weighted by Crippen LogP contribution is -2.49. The normalized spacial score (nSPS) is 18.5. The molecule has 0 aliphatic carbocycles. The van der Waals surface area contributed by atoms with Crippen LogP contribution in [0.4, 0.5) is 5.82 Å². The number of aromatic nitrogens is 3. The molecule has 1 N–H and O–H groups in total. The number of benzene rings is 2. The van der Waals surface area contributed by atoms with Gasteiger partial charge in [-0.25, -0.2) is 9.97 Å². The molecule has 4 aromatic rings. The summed E-state index contributed by atoms with van der Waals surface area (Å²) in [6.07, 6.45) is 0. The van der Waals surface area contributed by atoms with E-state index in [-0.39, 0.29) is 17.8 Å². The highest BCUT2D eigenvalue weighted by atomic mass is 16.5. The van der Waals surface area contributed by atoms with Gasteiger partial charge in [0.2, 0.25) is 5.82 Å². The van der Waals surface area contributed by atoms with Crippen LogP contribution < -0.4 is 10.2 Å². The van der Waals surface area contributed by atoms with Crippen LogP contribution in [0.2, 0.25) is 0 Å². The van der Waals surface area contributed by atoms with E-state index in [1.54, 1.807) is 0 Å². The number of hydrogen-bond acceptors (Lipinski definition) is 8. The summed E-state index contributed by atoms with van der Waals surface area (Å²) >= 11 is 0. The molecule has 2 aromatic carbocycles. The van der Waals surface area contributed by atoms with Crippen LogP contribution in [-0.4, -0.2) is 72.4 Å². The lowest BCUT2D eigenvalue weighted by Gasteiger charge is -2.37. The molecule has 0 radical (unpaired) electrons. The van der Waals surface area contributed by atoms with E-state index in [2.05, 4.69) is 45.5 Å². The number of ether oxygens (including phenoxy) is 1. The minimum atomic E-state index is -0.248. The van der Waals surface area contributed by atoms with Gasteiger partial charge in [-0.15, -0.1) is 0 Å². The minimum absolute atomic E-state index is 0.0350. The third kappa shape index (κ3) is 4.63. The van der Waals surface area contributed by atoms with Gasteiger partial charge in [0.15, 0.2) is 0 Å². The summed E-state index contributed by atoms with van der Waals surface area (Å²) in [5.74, 6) is 1.89. The molecule has 2 saturated heterocycles. The maximum atomic E-state index is 13.2. The number of carbonyl (C=O) groups is 1. The number of aryl methyl sites for hydroxylation is 2. The summed E-state index contributed by atoms with van der Waals surface area (Å²) in [6.45, 7) is 8.21. The second-order valence-corrected chi connectivity index (χ2v) is 10.3. The van der Waals surface area contributed by atoms with Crippen LogP contribution in [0.3, 0.4) is 0 Å². The quantitative estimate of drug-likeness (QED) is 0.417. The Morgan fingerprint density at radius 2 is 1.92 bits per heavy atom. The highest BCUT2D eigenvalue weighted by molar-refractivity contribution is 5.98. The molecule has 2 fully saturated rings. The molecule has 4 heterocycles. The van der Waals surface area contributed by atoms with Crippen LogP contribution in [0.15, 0.2) is 53.1 Å². The number of fused-ring (bicyclic) bond motifs is 1. The van der Waals surface area contributed by atoms with E-state index in [0.29, 0.717) is 32.2 Å². The zero-order valence-electron chi connectivity index (χ0n) is 22.0. The number of likely N-dealkylation sites (tertiary alicyclic amines) is 1. The van der Waals surface area contributed by atoms with Crippen LogP contribution in [0, 0.1) is 19.8 Å². The number of morpholine rings is 1. The third-order valence-corrected chi connectivity index (χ3v) is 7.48. The molecule has 6 rings (SSSR count). The smallest absolute Gasteiger partial charge is 0.289 e. The Balaban J connectivity index is 1.44. The van der Waals surface area contributed by atoms with E-state index < -0.39 is 0 Å². The summed E-state index contributed by atoms with van der Waals surface area (Å²) < 4.78 is 11.3. The second-order valence-electron chi connectivity index (χ2n) is 10.3. The molecular formula is C29H32N6O3. The molecule has 2 aliphatic heterocycles. The monoisotopic (exact) mass is 512 g/mol. The number of anilines is 1. The summed E-state index contributed by atoms with van der Waals surface area (Å²) in [4.78, 5) is 27.3. The Morgan fingerprint density at radius 1 is 1.11 bits per heavy atom. The maximum Gasteiger partial charge on any atom is 0.289 e. The molecule has 2 aliphatic rings. The fourth-order valence-electron chi connectivity index (χ4n) is 5.57. The highest BCUT2D eigenvalue weighted by Crippen LogP contribution is 2.36. The van der Waals surface area contributed by atoms with Gasteiger partial charge in [0.25, 0.3) is 5.91 Å². The van der Waals surface area contributed by atoms with Crippen molar-refractivity contribution in [3.05, 3.63) is 71.4 Å². The Bertz CT molecular complexity index is 1440. The van der Waals surface area contributed by atoms with Crippen molar-refractivity contribution in [2.45, 2.75) is 19.9 Å².